The normalized spacial score (nSPS) is 22.2. The molecule has 5 heteroatoms. The van der Waals surface area contributed by atoms with Gasteiger partial charge in [-0.1, -0.05) is 0 Å². The zero-order chi connectivity index (χ0) is 15.7. The highest BCUT2D eigenvalue weighted by Crippen LogP contribution is 2.21. The highest BCUT2D eigenvalue weighted by atomic mass is 19.1. The van der Waals surface area contributed by atoms with Crippen LogP contribution < -0.4 is 0 Å². The van der Waals surface area contributed by atoms with Crippen molar-refractivity contribution in [3.8, 4) is 0 Å². The first-order valence-electron chi connectivity index (χ1n) is 8.17. The van der Waals surface area contributed by atoms with Crippen molar-refractivity contribution >= 4 is 0 Å². The summed E-state index contributed by atoms with van der Waals surface area (Å²) in [6.45, 7) is 11.4. The molecule has 1 aromatic carbocycles. The maximum atomic E-state index is 13.7. The van der Waals surface area contributed by atoms with Crippen LogP contribution in [0.2, 0.25) is 0 Å². The number of rotatable bonds is 4. The van der Waals surface area contributed by atoms with Crippen LogP contribution in [0.4, 0.5) is 8.78 Å². The SMILES string of the molecule is CC(C)N1CCN(C2CN(Cc3cc(F)ccc3F)C2)CC1. The Labute approximate surface area is 131 Å². The molecule has 0 radical (unpaired) electrons. The summed E-state index contributed by atoms with van der Waals surface area (Å²) in [4.78, 5) is 7.24. The minimum absolute atomic E-state index is 0.310. The predicted octanol–water partition coefficient (Wildman–Crippen LogP) is 2.17. The molecule has 0 amide bonds. The van der Waals surface area contributed by atoms with Crippen molar-refractivity contribution < 1.29 is 8.78 Å². The fraction of sp³-hybridized carbons (Fsp3) is 0.647. The number of hydrogen-bond donors (Lipinski definition) is 0. The summed E-state index contributed by atoms with van der Waals surface area (Å²) >= 11 is 0. The fourth-order valence-corrected chi connectivity index (χ4v) is 3.43. The standard InChI is InChI=1S/C17H25F2N3/c1-13(2)21-5-7-22(8-6-21)16-11-20(12-16)10-14-9-15(18)3-4-17(14)19/h3-4,9,13,16H,5-8,10-12H2,1-2H3. The van der Waals surface area contributed by atoms with Gasteiger partial charge in [0.1, 0.15) is 11.6 Å². The van der Waals surface area contributed by atoms with E-state index in [4.69, 9.17) is 0 Å². The largest absolute Gasteiger partial charge is 0.298 e. The van der Waals surface area contributed by atoms with Crippen LogP contribution in [0.25, 0.3) is 0 Å². The van der Waals surface area contributed by atoms with Crippen molar-refractivity contribution in [1.82, 2.24) is 14.7 Å². The average molecular weight is 309 g/mol. The average Bonchev–Trinajstić information content (AvgIpc) is 2.46. The smallest absolute Gasteiger partial charge is 0.127 e. The van der Waals surface area contributed by atoms with E-state index in [0.29, 0.717) is 24.2 Å². The number of likely N-dealkylation sites (tertiary alicyclic amines) is 1. The number of benzene rings is 1. The molecular formula is C17H25F2N3. The van der Waals surface area contributed by atoms with Gasteiger partial charge in [-0.2, -0.15) is 0 Å². The molecule has 0 atom stereocenters. The van der Waals surface area contributed by atoms with Crippen molar-refractivity contribution in [3.05, 3.63) is 35.4 Å². The molecule has 2 heterocycles. The second kappa shape index (κ2) is 6.60. The summed E-state index contributed by atoms with van der Waals surface area (Å²) in [5.41, 5.74) is 0.461. The molecule has 0 unspecified atom stereocenters. The summed E-state index contributed by atoms with van der Waals surface area (Å²) in [6, 6.07) is 4.89. The first-order chi connectivity index (χ1) is 10.5. The monoisotopic (exact) mass is 309 g/mol. The minimum Gasteiger partial charge on any atom is -0.298 e. The van der Waals surface area contributed by atoms with Crippen LogP contribution in [0.1, 0.15) is 19.4 Å². The lowest BCUT2D eigenvalue weighted by Crippen LogP contribution is -2.63. The molecule has 0 saturated carbocycles. The molecule has 2 aliphatic heterocycles. The van der Waals surface area contributed by atoms with Crippen molar-refractivity contribution in [2.24, 2.45) is 0 Å². The van der Waals surface area contributed by atoms with E-state index in [1.54, 1.807) is 0 Å². The van der Waals surface area contributed by atoms with Gasteiger partial charge < -0.3 is 0 Å². The van der Waals surface area contributed by atoms with Crippen LogP contribution in [-0.2, 0) is 6.54 Å². The van der Waals surface area contributed by atoms with Crippen LogP contribution in [0.15, 0.2) is 18.2 Å². The van der Waals surface area contributed by atoms with E-state index >= 15 is 0 Å². The minimum atomic E-state index is -0.363. The molecule has 122 valence electrons. The summed E-state index contributed by atoms with van der Waals surface area (Å²) in [5, 5.41) is 0. The Kier molecular flexibility index (Phi) is 4.76. The van der Waals surface area contributed by atoms with Crippen LogP contribution in [0, 0.1) is 11.6 Å². The lowest BCUT2D eigenvalue weighted by molar-refractivity contribution is -0.00454. The molecule has 0 aromatic heterocycles. The number of hydrogen-bond acceptors (Lipinski definition) is 3. The van der Waals surface area contributed by atoms with Crippen molar-refractivity contribution in [2.75, 3.05) is 39.3 Å². The Morgan fingerprint density at radius 3 is 2.41 bits per heavy atom. The van der Waals surface area contributed by atoms with Gasteiger partial charge in [0.15, 0.2) is 0 Å². The van der Waals surface area contributed by atoms with E-state index in [0.717, 1.165) is 39.3 Å². The Bertz CT molecular complexity index is 507. The van der Waals surface area contributed by atoms with Crippen LogP contribution in [0.5, 0.6) is 0 Å². The summed E-state index contributed by atoms with van der Waals surface area (Å²) < 4.78 is 26.8. The van der Waals surface area contributed by atoms with E-state index in [9.17, 15) is 8.78 Å². The van der Waals surface area contributed by atoms with Crippen molar-refractivity contribution in [2.45, 2.75) is 32.5 Å². The Morgan fingerprint density at radius 2 is 1.77 bits per heavy atom. The molecule has 22 heavy (non-hydrogen) atoms. The lowest BCUT2D eigenvalue weighted by Gasteiger charge is -2.48. The molecular weight excluding hydrogens is 284 g/mol. The molecule has 3 nitrogen and oxygen atoms in total. The summed E-state index contributed by atoms with van der Waals surface area (Å²) in [6.07, 6.45) is 0. The first kappa shape index (κ1) is 15.8. The second-order valence-corrected chi connectivity index (χ2v) is 6.75. The highest BCUT2D eigenvalue weighted by molar-refractivity contribution is 5.19. The van der Waals surface area contributed by atoms with Gasteiger partial charge in [0.05, 0.1) is 0 Å². The fourth-order valence-electron chi connectivity index (χ4n) is 3.43. The van der Waals surface area contributed by atoms with Crippen molar-refractivity contribution in [3.63, 3.8) is 0 Å². The Hall–Kier alpha value is -1.04. The number of nitrogens with zero attached hydrogens (tertiary/aromatic N) is 3. The predicted molar refractivity (Wildman–Crippen MR) is 83.7 cm³/mol. The van der Waals surface area contributed by atoms with Crippen LogP contribution in [-0.4, -0.2) is 66.1 Å². The third-order valence-corrected chi connectivity index (χ3v) is 4.94. The molecule has 0 spiro atoms. The Balaban J connectivity index is 1.46. The molecule has 2 fully saturated rings. The molecule has 1 aromatic rings. The van der Waals surface area contributed by atoms with Gasteiger partial charge in [-0.25, -0.2) is 8.78 Å². The Morgan fingerprint density at radius 1 is 1.09 bits per heavy atom. The van der Waals surface area contributed by atoms with Gasteiger partial charge >= 0.3 is 0 Å². The highest BCUT2D eigenvalue weighted by Gasteiger charge is 2.33. The van der Waals surface area contributed by atoms with Gasteiger partial charge in [0.25, 0.3) is 0 Å². The zero-order valence-electron chi connectivity index (χ0n) is 13.4. The molecule has 0 bridgehead atoms. The van der Waals surface area contributed by atoms with Crippen molar-refractivity contribution in [1.29, 1.82) is 0 Å². The molecule has 2 saturated heterocycles. The zero-order valence-corrected chi connectivity index (χ0v) is 13.4. The number of piperazine rings is 1. The van der Waals surface area contributed by atoms with Gasteiger partial charge in [-0.15, -0.1) is 0 Å². The topological polar surface area (TPSA) is 9.72 Å². The van der Waals surface area contributed by atoms with E-state index in [1.165, 1.54) is 18.2 Å². The van der Waals surface area contributed by atoms with Gasteiger partial charge in [-0.05, 0) is 32.0 Å². The summed E-state index contributed by atoms with van der Waals surface area (Å²) in [5.74, 6) is -0.673. The summed E-state index contributed by atoms with van der Waals surface area (Å²) in [7, 11) is 0. The first-order valence-corrected chi connectivity index (χ1v) is 8.17. The van der Waals surface area contributed by atoms with E-state index in [2.05, 4.69) is 28.5 Å². The molecule has 0 aliphatic carbocycles. The van der Waals surface area contributed by atoms with Gasteiger partial charge in [0, 0.05) is 63.5 Å². The third kappa shape index (κ3) is 3.47. The van der Waals surface area contributed by atoms with E-state index in [1.807, 2.05) is 0 Å². The molecule has 2 aliphatic rings. The maximum absolute atomic E-state index is 13.7. The maximum Gasteiger partial charge on any atom is 0.127 e. The third-order valence-electron chi connectivity index (χ3n) is 4.94. The number of halogens is 2. The second-order valence-electron chi connectivity index (χ2n) is 6.75. The lowest BCUT2D eigenvalue weighted by atomic mass is 10.0. The molecule has 0 N–H and O–H groups in total. The molecule has 3 rings (SSSR count). The van der Waals surface area contributed by atoms with Gasteiger partial charge in [0.2, 0.25) is 0 Å². The van der Waals surface area contributed by atoms with Crippen LogP contribution in [0.3, 0.4) is 0 Å². The van der Waals surface area contributed by atoms with Gasteiger partial charge in [-0.3, -0.25) is 14.7 Å². The van der Waals surface area contributed by atoms with E-state index in [-0.39, 0.29) is 11.6 Å². The van der Waals surface area contributed by atoms with Crippen LogP contribution >= 0.6 is 0 Å². The van der Waals surface area contributed by atoms with E-state index < -0.39 is 0 Å². The quantitative estimate of drug-likeness (QED) is 0.844.